The minimum absolute atomic E-state index is 0. The second-order valence-electron chi connectivity index (χ2n) is 8.73. The van der Waals surface area contributed by atoms with E-state index < -0.39 is 49.4 Å². The van der Waals surface area contributed by atoms with Gasteiger partial charge in [0.15, 0.2) is 22.5 Å². The zero-order chi connectivity index (χ0) is 28.9. The van der Waals surface area contributed by atoms with Crippen LogP contribution in [0.25, 0.3) is 11.0 Å². The molecule has 0 spiro atoms. The van der Waals surface area contributed by atoms with Crippen molar-refractivity contribution in [2.75, 3.05) is 18.9 Å². The molecule has 0 radical (unpaired) electrons. The number of hydrogen-bond acceptors (Lipinski definition) is 10. The molecule has 0 saturated carbocycles. The molecule has 16 heteroatoms. The summed E-state index contributed by atoms with van der Waals surface area (Å²) in [6, 6.07) is 5.03. The SMILES string of the molecule is CCn1c(CNC(=O)c2nc(Cl)cnc2N)[n+](CC)c2ccc(C(=O)NC[C@H](O)[C@@H](O)[C@H](O)[C@H](O)CO)cc21.[Cl-]. The first-order valence-electron chi connectivity index (χ1n) is 12.3. The second-order valence-corrected chi connectivity index (χ2v) is 9.11. The van der Waals surface area contributed by atoms with Crippen LogP contribution in [-0.2, 0) is 19.6 Å². The number of carbonyl (C=O) groups excluding carboxylic acids is 2. The van der Waals surface area contributed by atoms with Crippen molar-refractivity contribution in [2.45, 2.75) is 57.9 Å². The molecule has 0 saturated heterocycles. The number of anilines is 1. The highest BCUT2D eigenvalue weighted by atomic mass is 35.5. The van der Waals surface area contributed by atoms with Gasteiger partial charge in [0, 0.05) is 18.2 Å². The normalized spacial score (nSPS) is 14.2. The largest absolute Gasteiger partial charge is 1.00 e. The monoisotopic (exact) mass is 601 g/mol. The third kappa shape index (κ3) is 7.14. The Labute approximate surface area is 240 Å². The summed E-state index contributed by atoms with van der Waals surface area (Å²) in [5, 5.41) is 53.4. The number of aliphatic hydroxyl groups excluding tert-OH is 5. The number of aliphatic hydroxyl groups is 5. The van der Waals surface area contributed by atoms with E-state index in [1.165, 1.54) is 6.20 Å². The van der Waals surface area contributed by atoms with Crippen molar-refractivity contribution in [2.24, 2.45) is 0 Å². The number of nitrogens with one attached hydrogen (secondary N) is 2. The first-order chi connectivity index (χ1) is 18.5. The molecule has 2 amide bonds. The van der Waals surface area contributed by atoms with Crippen molar-refractivity contribution >= 4 is 40.3 Å². The molecule has 14 nitrogen and oxygen atoms in total. The molecule has 9 N–H and O–H groups in total. The van der Waals surface area contributed by atoms with Crippen molar-refractivity contribution in [3.05, 3.63) is 46.6 Å². The lowest BCUT2D eigenvalue weighted by Gasteiger charge is -2.25. The average Bonchev–Trinajstić information content (AvgIpc) is 3.25. The summed E-state index contributed by atoms with van der Waals surface area (Å²) < 4.78 is 3.93. The van der Waals surface area contributed by atoms with Crippen LogP contribution in [0.5, 0.6) is 0 Å². The molecule has 0 aliphatic carbocycles. The zero-order valence-electron chi connectivity index (χ0n) is 21.8. The van der Waals surface area contributed by atoms with Crippen molar-refractivity contribution in [3.8, 4) is 0 Å². The maximum atomic E-state index is 12.8. The van der Waals surface area contributed by atoms with E-state index in [2.05, 4.69) is 20.6 Å². The number of hydrogen-bond donors (Lipinski definition) is 8. The van der Waals surface area contributed by atoms with Crippen LogP contribution in [0.3, 0.4) is 0 Å². The molecule has 2 aromatic heterocycles. The Morgan fingerprint density at radius 2 is 1.77 bits per heavy atom. The number of fused-ring (bicyclic) bond motifs is 1. The van der Waals surface area contributed by atoms with Gasteiger partial charge in [0.05, 0.1) is 32.0 Å². The van der Waals surface area contributed by atoms with Gasteiger partial charge >= 0.3 is 0 Å². The summed E-state index contributed by atoms with van der Waals surface area (Å²) in [5.74, 6) is -0.388. The number of benzene rings is 1. The number of aryl methyl sites for hydroxylation is 2. The van der Waals surface area contributed by atoms with E-state index in [-0.39, 0.29) is 41.2 Å². The molecule has 0 aliphatic rings. The smallest absolute Gasteiger partial charge is 0.277 e. The molecule has 3 aromatic rings. The first kappa shape index (κ1) is 33.1. The molecule has 220 valence electrons. The number of nitrogens with zero attached hydrogens (tertiary/aromatic N) is 4. The summed E-state index contributed by atoms with van der Waals surface area (Å²) in [6.45, 7) is 3.86. The van der Waals surface area contributed by atoms with Gasteiger partial charge < -0.3 is 54.3 Å². The highest BCUT2D eigenvalue weighted by Gasteiger charge is 2.30. The number of nitrogens with two attached hydrogens (primary N) is 1. The van der Waals surface area contributed by atoms with Crippen molar-refractivity contribution in [1.82, 2.24) is 25.2 Å². The summed E-state index contributed by atoms with van der Waals surface area (Å²) in [5.41, 5.74) is 7.49. The molecular formula is C24H33Cl2N7O7. The standard InChI is InChI=1S/C24H32ClN7O7.ClH/c1-3-31-13-6-5-12(23(38)28-8-15(34)20(36)21(37)16(35)11-33)7-14(13)32(4-2)18(31)10-29-24(39)19-22(26)27-9-17(25)30-19;/h5-7,9,15-16,20-21,33-37H,3-4,8,10-11H2,1-2H3,(H3-,26,27,28,29,38,39);1H/t15-,16+,20+,21+;/m0./s1. The van der Waals surface area contributed by atoms with Gasteiger partial charge in [-0.15, -0.1) is 0 Å². The molecule has 3 rings (SSSR count). The van der Waals surface area contributed by atoms with Gasteiger partial charge in [0.2, 0.25) is 0 Å². The highest BCUT2D eigenvalue weighted by molar-refractivity contribution is 6.29. The number of imidazole rings is 1. The molecule has 1 aromatic carbocycles. The van der Waals surface area contributed by atoms with Gasteiger partial charge in [0.1, 0.15) is 30.0 Å². The van der Waals surface area contributed by atoms with Gasteiger partial charge in [0.25, 0.3) is 17.6 Å². The number of halogens is 2. The summed E-state index contributed by atoms with van der Waals surface area (Å²) in [6.07, 6.45) is -5.58. The molecule has 0 unspecified atom stereocenters. The van der Waals surface area contributed by atoms with Gasteiger partial charge in [-0.1, -0.05) is 11.6 Å². The molecule has 0 fully saturated rings. The quantitative estimate of drug-likeness (QED) is 0.0924. The average molecular weight is 602 g/mol. The maximum Gasteiger partial charge on any atom is 0.277 e. The van der Waals surface area contributed by atoms with Crippen LogP contribution in [0.4, 0.5) is 5.82 Å². The van der Waals surface area contributed by atoms with Crippen LogP contribution in [0.2, 0.25) is 5.15 Å². The fourth-order valence-electron chi connectivity index (χ4n) is 4.20. The van der Waals surface area contributed by atoms with E-state index in [4.69, 9.17) is 22.4 Å². The summed E-state index contributed by atoms with van der Waals surface area (Å²) >= 11 is 5.85. The van der Waals surface area contributed by atoms with Crippen LogP contribution in [0.1, 0.15) is 40.5 Å². The minimum Gasteiger partial charge on any atom is -1.00 e. The Kier molecular flexibility index (Phi) is 12.0. The Balaban J connectivity index is 0.00000560. The third-order valence-corrected chi connectivity index (χ3v) is 6.45. The topological polar surface area (TPSA) is 220 Å². The van der Waals surface area contributed by atoms with Gasteiger partial charge in [-0.3, -0.25) is 9.59 Å². The highest BCUT2D eigenvalue weighted by Crippen LogP contribution is 2.18. The van der Waals surface area contributed by atoms with Gasteiger partial charge in [-0.05, 0) is 26.0 Å². The summed E-state index contributed by atoms with van der Waals surface area (Å²) in [4.78, 5) is 33.3. The van der Waals surface area contributed by atoms with Crippen LogP contribution in [-0.4, -0.2) is 89.4 Å². The fraction of sp³-hybridized carbons (Fsp3) is 0.458. The van der Waals surface area contributed by atoms with Gasteiger partial charge in [-0.2, -0.15) is 0 Å². The van der Waals surface area contributed by atoms with E-state index in [1.807, 2.05) is 23.0 Å². The van der Waals surface area contributed by atoms with E-state index in [1.54, 1.807) is 18.2 Å². The molecule has 40 heavy (non-hydrogen) atoms. The second kappa shape index (κ2) is 14.5. The van der Waals surface area contributed by atoms with E-state index in [0.717, 1.165) is 16.9 Å². The van der Waals surface area contributed by atoms with Crippen LogP contribution in [0.15, 0.2) is 24.4 Å². The summed E-state index contributed by atoms with van der Waals surface area (Å²) in [7, 11) is 0. The van der Waals surface area contributed by atoms with Crippen molar-refractivity contribution in [1.29, 1.82) is 0 Å². The van der Waals surface area contributed by atoms with E-state index >= 15 is 0 Å². The Morgan fingerprint density at radius 3 is 2.40 bits per heavy atom. The lowest BCUT2D eigenvalue weighted by Crippen LogP contribution is -3.00. The fourth-order valence-corrected chi connectivity index (χ4v) is 4.33. The van der Waals surface area contributed by atoms with E-state index in [9.17, 15) is 30.0 Å². The Bertz CT molecular complexity index is 1340. The number of carbonyl (C=O) groups is 2. The minimum atomic E-state index is -1.79. The zero-order valence-corrected chi connectivity index (χ0v) is 23.3. The first-order valence-corrected chi connectivity index (χ1v) is 12.6. The maximum absolute atomic E-state index is 12.8. The third-order valence-electron chi connectivity index (χ3n) is 6.27. The lowest BCUT2D eigenvalue weighted by molar-refractivity contribution is -0.676. The van der Waals surface area contributed by atoms with Crippen LogP contribution >= 0.6 is 11.6 Å². The Morgan fingerprint density at radius 1 is 1.10 bits per heavy atom. The Hall–Kier alpha value is -3.11. The molecule has 4 atom stereocenters. The molecular weight excluding hydrogens is 569 g/mol. The predicted molar refractivity (Wildman–Crippen MR) is 140 cm³/mol. The number of rotatable bonds is 12. The van der Waals surface area contributed by atoms with Crippen LogP contribution in [0, 0.1) is 0 Å². The molecule has 0 bridgehead atoms. The van der Waals surface area contributed by atoms with Crippen molar-refractivity contribution in [3.63, 3.8) is 0 Å². The predicted octanol–water partition coefficient (Wildman–Crippen LogP) is -4.91. The molecule has 0 aliphatic heterocycles. The number of aromatic nitrogens is 4. The van der Waals surface area contributed by atoms with Crippen molar-refractivity contribution < 1.29 is 52.1 Å². The van der Waals surface area contributed by atoms with Gasteiger partial charge in [-0.25, -0.2) is 19.1 Å². The number of nitrogen functional groups attached to an aromatic ring is 1. The lowest BCUT2D eigenvalue weighted by atomic mass is 10.0. The van der Waals surface area contributed by atoms with Crippen LogP contribution < -0.4 is 33.3 Å². The molecule has 2 heterocycles. The number of amides is 2. The van der Waals surface area contributed by atoms with E-state index in [0.29, 0.717) is 13.1 Å².